The van der Waals surface area contributed by atoms with Crippen molar-refractivity contribution < 1.29 is 9.90 Å². The van der Waals surface area contributed by atoms with Gasteiger partial charge in [-0.3, -0.25) is 4.79 Å². The Hall–Kier alpha value is -1.32. The molecule has 2 rings (SSSR count). The summed E-state index contributed by atoms with van der Waals surface area (Å²) < 4.78 is 0. The maximum absolute atomic E-state index is 11.7. The van der Waals surface area contributed by atoms with Crippen LogP contribution in [-0.4, -0.2) is 35.1 Å². The van der Waals surface area contributed by atoms with Gasteiger partial charge in [0.05, 0.1) is 6.10 Å². The lowest BCUT2D eigenvalue weighted by atomic mass is 10.2. The van der Waals surface area contributed by atoms with Gasteiger partial charge in [-0.1, -0.05) is 23.7 Å². The zero-order chi connectivity index (χ0) is 12.3. The van der Waals surface area contributed by atoms with Crippen molar-refractivity contribution in [1.82, 2.24) is 4.90 Å². The number of β-amino-alcohol motifs (C(OH)–C–C–N with tert-alkyl or cyclic N) is 1. The second-order valence-corrected chi connectivity index (χ2v) is 4.55. The van der Waals surface area contributed by atoms with Gasteiger partial charge in [-0.25, -0.2) is 0 Å². The van der Waals surface area contributed by atoms with Crippen molar-refractivity contribution in [2.24, 2.45) is 0 Å². The monoisotopic (exact) mass is 251 g/mol. The molecule has 4 heteroatoms. The first kappa shape index (κ1) is 12.1. The largest absolute Gasteiger partial charge is 0.391 e. The van der Waals surface area contributed by atoms with Crippen LogP contribution < -0.4 is 0 Å². The Morgan fingerprint density at radius 3 is 3.00 bits per heavy atom. The number of carbonyl (C=O) groups excluding carboxylic acids is 1. The van der Waals surface area contributed by atoms with Crippen LogP contribution in [0.25, 0.3) is 6.08 Å². The van der Waals surface area contributed by atoms with Gasteiger partial charge >= 0.3 is 0 Å². The first-order chi connectivity index (χ1) is 8.15. The van der Waals surface area contributed by atoms with E-state index >= 15 is 0 Å². The average molecular weight is 252 g/mol. The molecule has 1 atom stereocenters. The molecule has 0 radical (unpaired) electrons. The fourth-order valence-corrected chi connectivity index (χ4v) is 2.02. The molecule has 1 aromatic rings. The number of benzene rings is 1. The van der Waals surface area contributed by atoms with Crippen molar-refractivity contribution in [2.45, 2.75) is 12.5 Å². The first-order valence-corrected chi connectivity index (χ1v) is 5.93. The highest BCUT2D eigenvalue weighted by molar-refractivity contribution is 6.30. The molecule has 0 saturated carbocycles. The molecule has 1 fully saturated rings. The Kier molecular flexibility index (Phi) is 3.82. The Bertz CT molecular complexity index is 445. The van der Waals surface area contributed by atoms with E-state index in [1.54, 1.807) is 23.1 Å². The zero-order valence-corrected chi connectivity index (χ0v) is 10.1. The third kappa shape index (κ3) is 3.32. The molecular formula is C13H14ClNO2. The quantitative estimate of drug-likeness (QED) is 0.817. The molecule has 1 amide bonds. The van der Waals surface area contributed by atoms with E-state index in [0.717, 1.165) is 5.56 Å². The summed E-state index contributed by atoms with van der Waals surface area (Å²) in [7, 11) is 0. The second kappa shape index (κ2) is 5.34. The number of likely N-dealkylation sites (tertiary alicyclic amines) is 1. The van der Waals surface area contributed by atoms with Gasteiger partial charge < -0.3 is 10.0 Å². The smallest absolute Gasteiger partial charge is 0.246 e. The number of carbonyl (C=O) groups is 1. The first-order valence-electron chi connectivity index (χ1n) is 5.56. The van der Waals surface area contributed by atoms with E-state index in [9.17, 15) is 9.90 Å². The number of aliphatic hydroxyl groups excluding tert-OH is 1. The van der Waals surface area contributed by atoms with Crippen LogP contribution in [0.2, 0.25) is 5.02 Å². The number of hydrogen-bond acceptors (Lipinski definition) is 2. The maximum atomic E-state index is 11.7. The van der Waals surface area contributed by atoms with Gasteiger partial charge in [-0.2, -0.15) is 0 Å². The number of nitrogens with zero attached hydrogens (tertiary/aromatic N) is 1. The highest BCUT2D eigenvalue weighted by Crippen LogP contribution is 2.13. The summed E-state index contributed by atoms with van der Waals surface area (Å²) >= 11 is 5.84. The minimum Gasteiger partial charge on any atom is -0.391 e. The molecule has 1 aliphatic heterocycles. The van der Waals surface area contributed by atoms with Crippen molar-refractivity contribution in [2.75, 3.05) is 13.1 Å². The number of hydrogen-bond donors (Lipinski definition) is 1. The van der Waals surface area contributed by atoms with Crippen LogP contribution in [0.5, 0.6) is 0 Å². The molecular weight excluding hydrogens is 238 g/mol. The lowest BCUT2D eigenvalue weighted by molar-refractivity contribution is -0.125. The van der Waals surface area contributed by atoms with Crippen LogP contribution in [0, 0.1) is 0 Å². The summed E-state index contributed by atoms with van der Waals surface area (Å²) in [6.07, 6.45) is 3.54. The van der Waals surface area contributed by atoms with Crippen LogP contribution in [0.1, 0.15) is 12.0 Å². The normalized spacial score (nSPS) is 20.1. The number of rotatable bonds is 2. The van der Waals surface area contributed by atoms with Crippen molar-refractivity contribution >= 4 is 23.6 Å². The predicted molar refractivity (Wildman–Crippen MR) is 67.7 cm³/mol. The fourth-order valence-electron chi connectivity index (χ4n) is 1.83. The molecule has 3 nitrogen and oxygen atoms in total. The molecule has 1 heterocycles. The van der Waals surface area contributed by atoms with E-state index in [1.165, 1.54) is 6.08 Å². The highest BCUT2D eigenvalue weighted by Gasteiger charge is 2.22. The SMILES string of the molecule is O=C(/C=C/c1cccc(Cl)c1)N1CCC(O)C1. The van der Waals surface area contributed by atoms with Crippen LogP contribution in [-0.2, 0) is 4.79 Å². The molecule has 0 bridgehead atoms. The number of amides is 1. The molecule has 0 spiro atoms. The van der Waals surface area contributed by atoms with Gasteiger partial charge in [0.2, 0.25) is 5.91 Å². The van der Waals surface area contributed by atoms with Gasteiger partial charge in [0.25, 0.3) is 0 Å². The average Bonchev–Trinajstić information content (AvgIpc) is 2.73. The summed E-state index contributed by atoms with van der Waals surface area (Å²) in [4.78, 5) is 13.4. The zero-order valence-electron chi connectivity index (χ0n) is 9.34. The van der Waals surface area contributed by atoms with Crippen LogP contribution in [0.4, 0.5) is 0 Å². The summed E-state index contributed by atoms with van der Waals surface area (Å²) in [5.41, 5.74) is 0.894. The minimum absolute atomic E-state index is 0.0680. The standard InChI is InChI=1S/C13H14ClNO2/c14-11-3-1-2-10(8-11)4-5-13(17)15-7-6-12(16)9-15/h1-5,8,12,16H,6-7,9H2/b5-4+. The molecule has 90 valence electrons. The van der Waals surface area contributed by atoms with Crippen molar-refractivity contribution in [3.05, 3.63) is 40.9 Å². The molecule has 1 aliphatic rings. The Labute approximate surface area is 105 Å². The van der Waals surface area contributed by atoms with E-state index < -0.39 is 0 Å². The van der Waals surface area contributed by atoms with Crippen LogP contribution in [0.15, 0.2) is 30.3 Å². The molecule has 1 aromatic carbocycles. The predicted octanol–water partition coefficient (Wildman–Crippen LogP) is 1.95. The van der Waals surface area contributed by atoms with Crippen molar-refractivity contribution in [3.8, 4) is 0 Å². The van der Waals surface area contributed by atoms with Gasteiger partial charge in [0.1, 0.15) is 0 Å². The van der Waals surface area contributed by atoms with Gasteiger partial charge in [-0.05, 0) is 30.2 Å². The van der Waals surface area contributed by atoms with Gasteiger partial charge in [0, 0.05) is 24.2 Å². The van der Waals surface area contributed by atoms with E-state index in [-0.39, 0.29) is 12.0 Å². The summed E-state index contributed by atoms with van der Waals surface area (Å²) in [6.45, 7) is 1.05. The topological polar surface area (TPSA) is 40.5 Å². The molecule has 0 aromatic heterocycles. The molecule has 17 heavy (non-hydrogen) atoms. The molecule has 1 N–H and O–H groups in total. The van der Waals surface area contributed by atoms with Crippen LogP contribution in [0.3, 0.4) is 0 Å². The molecule has 0 aliphatic carbocycles. The van der Waals surface area contributed by atoms with E-state index in [4.69, 9.17) is 11.6 Å². The fraction of sp³-hybridized carbons (Fsp3) is 0.308. The summed E-state index contributed by atoms with van der Waals surface area (Å²) in [5, 5.41) is 9.98. The summed E-state index contributed by atoms with van der Waals surface area (Å²) in [6, 6.07) is 7.31. The second-order valence-electron chi connectivity index (χ2n) is 4.12. The maximum Gasteiger partial charge on any atom is 0.246 e. The Morgan fingerprint density at radius 2 is 2.35 bits per heavy atom. The van der Waals surface area contributed by atoms with E-state index in [1.807, 2.05) is 12.1 Å². The molecule has 1 unspecified atom stereocenters. The van der Waals surface area contributed by atoms with Crippen molar-refractivity contribution in [1.29, 1.82) is 0 Å². The lowest BCUT2D eigenvalue weighted by Gasteiger charge is -2.12. The number of halogens is 1. The highest BCUT2D eigenvalue weighted by atomic mass is 35.5. The van der Waals surface area contributed by atoms with Gasteiger partial charge in [0.15, 0.2) is 0 Å². The van der Waals surface area contributed by atoms with E-state index in [2.05, 4.69) is 0 Å². The third-order valence-corrected chi connectivity index (χ3v) is 2.98. The third-order valence-electron chi connectivity index (χ3n) is 2.74. The Balaban J connectivity index is 1.98. The van der Waals surface area contributed by atoms with Gasteiger partial charge in [-0.15, -0.1) is 0 Å². The van der Waals surface area contributed by atoms with Crippen molar-refractivity contribution in [3.63, 3.8) is 0 Å². The Morgan fingerprint density at radius 1 is 1.53 bits per heavy atom. The van der Waals surface area contributed by atoms with E-state index in [0.29, 0.717) is 24.5 Å². The number of aliphatic hydroxyl groups is 1. The lowest BCUT2D eigenvalue weighted by Crippen LogP contribution is -2.27. The minimum atomic E-state index is -0.376. The van der Waals surface area contributed by atoms with Crippen LogP contribution >= 0.6 is 11.6 Å². The molecule has 1 saturated heterocycles. The summed E-state index contributed by atoms with van der Waals surface area (Å²) in [5.74, 6) is -0.0680.